The van der Waals surface area contributed by atoms with Crippen molar-refractivity contribution in [1.82, 2.24) is 14.7 Å². The molecule has 0 radical (unpaired) electrons. The number of carbonyl (C=O) groups excluding carboxylic acids is 1. The standard InChI is InChI=1S/C15H13F3N4O5/c16-15(17,18)11-3-1-10(2-4-11)7-20(9-14(24)25)13(23)8-21-6-5-12(19-21)22(26)27/h1-6H,7-9H2,(H,24,25). The van der Waals surface area contributed by atoms with Crippen LogP contribution in [0.2, 0.25) is 0 Å². The Balaban J connectivity index is 2.12. The van der Waals surface area contributed by atoms with Crippen LogP contribution in [0.25, 0.3) is 0 Å². The van der Waals surface area contributed by atoms with E-state index in [-0.39, 0.29) is 6.54 Å². The highest BCUT2D eigenvalue weighted by molar-refractivity contribution is 5.81. The molecule has 0 spiro atoms. The van der Waals surface area contributed by atoms with Gasteiger partial charge >= 0.3 is 18.0 Å². The van der Waals surface area contributed by atoms with Crippen LogP contribution in [0.3, 0.4) is 0 Å². The highest BCUT2D eigenvalue weighted by Crippen LogP contribution is 2.29. The molecule has 0 aliphatic carbocycles. The third-order valence-electron chi connectivity index (χ3n) is 3.44. The maximum absolute atomic E-state index is 12.6. The molecule has 2 rings (SSSR count). The first-order valence-electron chi connectivity index (χ1n) is 7.40. The van der Waals surface area contributed by atoms with Crippen molar-refractivity contribution >= 4 is 17.7 Å². The molecule has 144 valence electrons. The number of hydrogen-bond donors (Lipinski definition) is 1. The van der Waals surface area contributed by atoms with Crippen LogP contribution in [-0.4, -0.2) is 43.1 Å². The molecule has 0 saturated heterocycles. The number of rotatable bonds is 7. The van der Waals surface area contributed by atoms with Crippen LogP contribution in [0.5, 0.6) is 0 Å². The van der Waals surface area contributed by atoms with E-state index in [1.807, 2.05) is 0 Å². The minimum Gasteiger partial charge on any atom is -0.480 e. The zero-order valence-electron chi connectivity index (χ0n) is 13.6. The lowest BCUT2D eigenvalue weighted by molar-refractivity contribution is -0.389. The Morgan fingerprint density at radius 3 is 2.33 bits per heavy atom. The topological polar surface area (TPSA) is 119 Å². The molecule has 1 N–H and O–H groups in total. The van der Waals surface area contributed by atoms with Crippen molar-refractivity contribution in [2.45, 2.75) is 19.3 Å². The molecule has 0 saturated carbocycles. The summed E-state index contributed by atoms with van der Waals surface area (Å²) in [6.45, 7) is -1.39. The smallest absolute Gasteiger partial charge is 0.416 e. The van der Waals surface area contributed by atoms with E-state index in [0.717, 1.165) is 39.9 Å². The van der Waals surface area contributed by atoms with Gasteiger partial charge in [-0.15, -0.1) is 0 Å². The molecule has 12 heteroatoms. The number of amides is 1. The Hall–Kier alpha value is -3.44. The van der Waals surface area contributed by atoms with Crippen molar-refractivity contribution in [3.8, 4) is 0 Å². The molecule has 1 aromatic carbocycles. The summed E-state index contributed by atoms with van der Waals surface area (Å²) < 4.78 is 38.7. The molecular weight excluding hydrogens is 373 g/mol. The molecule has 0 aliphatic heterocycles. The summed E-state index contributed by atoms with van der Waals surface area (Å²) >= 11 is 0. The van der Waals surface area contributed by atoms with Crippen LogP contribution in [0, 0.1) is 10.1 Å². The quantitative estimate of drug-likeness (QED) is 0.574. The SMILES string of the molecule is O=C(O)CN(Cc1ccc(C(F)(F)F)cc1)C(=O)Cn1ccc([N+](=O)[O-])n1. The molecule has 2 aromatic rings. The number of carboxylic acids is 1. The number of aromatic nitrogens is 2. The molecule has 0 bridgehead atoms. The van der Waals surface area contributed by atoms with Gasteiger partial charge in [-0.3, -0.25) is 9.59 Å². The van der Waals surface area contributed by atoms with Crippen molar-refractivity contribution < 1.29 is 32.8 Å². The first-order valence-corrected chi connectivity index (χ1v) is 7.40. The maximum atomic E-state index is 12.6. The predicted octanol–water partition coefficient (Wildman–Crippen LogP) is 1.92. The van der Waals surface area contributed by atoms with E-state index in [4.69, 9.17) is 5.11 Å². The minimum absolute atomic E-state index is 0.243. The van der Waals surface area contributed by atoms with Gasteiger partial charge in [-0.1, -0.05) is 12.1 Å². The average Bonchev–Trinajstić information content (AvgIpc) is 3.02. The summed E-state index contributed by atoms with van der Waals surface area (Å²) in [5.74, 6) is -2.51. The number of carboxylic acid groups (broad SMARTS) is 1. The van der Waals surface area contributed by atoms with Crippen LogP contribution in [-0.2, 0) is 28.9 Å². The van der Waals surface area contributed by atoms with E-state index in [9.17, 15) is 32.9 Å². The Kier molecular flexibility index (Phi) is 5.78. The number of carbonyl (C=O) groups is 2. The van der Waals surface area contributed by atoms with Crippen LogP contribution in [0.15, 0.2) is 36.5 Å². The fourth-order valence-electron chi connectivity index (χ4n) is 2.19. The molecule has 0 aliphatic rings. The lowest BCUT2D eigenvalue weighted by Gasteiger charge is -2.20. The van der Waals surface area contributed by atoms with E-state index in [1.165, 1.54) is 6.20 Å². The van der Waals surface area contributed by atoms with Crippen LogP contribution < -0.4 is 0 Å². The largest absolute Gasteiger partial charge is 0.480 e. The molecule has 1 heterocycles. The Morgan fingerprint density at radius 1 is 1.22 bits per heavy atom. The number of hydrogen-bond acceptors (Lipinski definition) is 5. The van der Waals surface area contributed by atoms with E-state index in [1.54, 1.807) is 0 Å². The lowest BCUT2D eigenvalue weighted by Crippen LogP contribution is -2.37. The normalized spacial score (nSPS) is 11.2. The van der Waals surface area contributed by atoms with E-state index in [2.05, 4.69) is 5.10 Å². The molecule has 1 amide bonds. The third kappa shape index (κ3) is 5.52. The highest BCUT2D eigenvalue weighted by Gasteiger charge is 2.30. The monoisotopic (exact) mass is 386 g/mol. The number of aliphatic carboxylic acids is 1. The zero-order chi connectivity index (χ0) is 20.2. The second-order valence-corrected chi connectivity index (χ2v) is 5.47. The Bertz CT molecular complexity index is 848. The van der Waals surface area contributed by atoms with Crippen molar-refractivity contribution in [2.75, 3.05) is 6.54 Å². The van der Waals surface area contributed by atoms with Crippen LogP contribution in [0.4, 0.5) is 19.0 Å². The van der Waals surface area contributed by atoms with Gasteiger partial charge < -0.3 is 20.1 Å². The van der Waals surface area contributed by atoms with Gasteiger partial charge in [0.05, 0.1) is 22.9 Å². The molecule has 1 aromatic heterocycles. The van der Waals surface area contributed by atoms with Gasteiger partial charge in [-0.2, -0.15) is 17.9 Å². The van der Waals surface area contributed by atoms with Crippen molar-refractivity contribution in [2.24, 2.45) is 0 Å². The summed E-state index contributed by atoms with van der Waals surface area (Å²) in [5, 5.41) is 23.1. The van der Waals surface area contributed by atoms with Crippen molar-refractivity contribution in [3.63, 3.8) is 0 Å². The fourth-order valence-corrected chi connectivity index (χ4v) is 2.19. The number of benzene rings is 1. The zero-order valence-corrected chi connectivity index (χ0v) is 13.6. The first-order chi connectivity index (χ1) is 12.6. The Morgan fingerprint density at radius 2 is 1.85 bits per heavy atom. The van der Waals surface area contributed by atoms with Crippen LogP contribution >= 0.6 is 0 Å². The first kappa shape index (κ1) is 19.9. The van der Waals surface area contributed by atoms with Gasteiger partial charge in [0, 0.05) is 6.54 Å². The second kappa shape index (κ2) is 7.85. The number of alkyl halides is 3. The van der Waals surface area contributed by atoms with Gasteiger partial charge in [0.25, 0.3) is 0 Å². The average molecular weight is 386 g/mol. The predicted molar refractivity (Wildman–Crippen MR) is 83.4 cm³/mol. The second-order valence-electron chi connectivity index (χ2n) is 5.47. The van der Waals surface area contributed by atoms with Gasteiger partial charge in [0.15, 0.2) is 0 Å². The number of halogens is 3. The lowest BCUT2D eigenvalue weighted by atomic mass is 10.1. The highest BCUT2D eigenvalue weighted by atomic mass is 19.4. The molecule has 0 fully saturated rings. The summed E-state index contributed by atoms with van der Waals surface area (Å²) in [6.07, 6.45) is -3.32. The summed E-state index contributed by atoms with van der Waals surface area (Å²) in [4.78, 5) is 34.0. The van der Waals surface area contributed by atoms with Crippen molar-refractivity contribution in [1.29, 1.82) is 0 Å². The summed E-state index contributed by atoms with van der Waals surface area (Å²) in [6, 6.07) is 5.02. The summed E-state index contributed by atoms with van der Waals surface area (Å²) in [7, 11) is 0. The maximum Gasteiger partial charge on any atom is 0.416 e. The van der Waals surface area contributed by atoms with E-state index < -0.39 is 47.4 Å². The molecule has 0 unspecified atom stereocenters. The van der Waals surface area contributed by atoms with Gasteiger partial charge in [-0.25, -0.2) is 0 Å². The molecule has 0 atom stereocenters. The Labute approximate surface area is 149 Å². The number of nitro groups is 1. The molecular formula is C15H13F3N4O5. The summed E-state index contributed by atoms with van der Waals surface area (Å²) in [5.41, 5.74) is -0.574. The van der Waals surface area contributed by atoms with Gasteiger partial charge in [0.2, 0.25) is 5.91 Å². The fraction of sp³-hybridized carbons (Fsp3) is 0.267. The van der Waals surface area contributed by atoms with E-state index in [0.29, 0.717) is 5.56 Å². The van der Waals surface area contributed by atoms with Gasteiger partial charge in [0.1, 0.15) is 13.1 Å². The number of nitrogens with zero attached hydrogens (tertiary/aromatic N) is 4. The third-order valence-corrected chi connectivity index (χ3v) is 3.44. The molecule has 9 nitrogen and oxygen atoms in total. The molecule has 27 heavy (non-hydrogen) atoms. The van der Waals surface area contributed by atoms with Crippen LogP contribution in [0.1, 0.15) is 11.1 Å². The minimum atomic E-state index is -4.51. The van der Waals surface area contributed by atoms with Gasteiger partial charge in [-0.05, 0) is 22.6 Å². The van der Waals surface area contributed by atoms with Crippen molar-refractivity contribution in [3.05, 3.63) is 57.8 Å². The van der Waals surface area contributed by atoms with E-state index >= 15 is 0 Å².